The van der Waals surface area contributed by atoms with Gasteiger partial charge >= 0.3 is 0 Å². The normalized spacial score (nSPS) is 10.1. The Morgan fingerprint density at radius 1 is 1.05 bits per heavy atom. The van der Waals surface area contributed by atoms with Crippen LogP contribution in [0.5, 0.6) is 5.75 Å². The van der Waals surface area contributed by atoms with Crippen LogP contribution in [0.15, 0.2) is 24.3 Å². The van der Waals surface area contributed by atoms with Gasteiger partial charge < -0.3 is 20.3 Å². The molecule has 0 spiro atoms. The molecule has 2 aromatic rings. The summed E-state index contributed by atoms with van der Waals surface area (Å²) in [7, 11) is 7.21. The van der Waals surface area contributed by atoms with E-state index >= 15 is 0 Å². The van der Waals surface area contributed by atoms with Gasteiger partial charge in [-0.2, -0.15) is 15.0 Å². The molecule has 0 atom stereocenters. The van der Waals surface area contributed by atoms with Gasteiger partial charge in [-0.25, -0.2) is 0 Å². The zero-order valence-corrected chi connectivity index (χ0v) is 12.7. The number of nitrogens with one attached hydrogen (secondary N) is 2. The van der Waals surface area contributed by atoms with Gasteiger partial charge in [-0.15, -0.1) is 0 Å². The zero-order chi connectivity index (χ0) is 15.2. The maximum absolute atomic E-state index is 5.14. The van der Waals surface area contributed by atoms with E-state index < -0.39 is 0 Å². The van der Waals surface area contributed by atoms with Crippen molar-refractivity contribution < 1.29 is 4.74 Å². The molecule has 0 aliphatic heterocycles. The highest BCUT2D eigenvalue weighted by Crippen LogP contribution is 2.14. The summed E-state index contributed by atoms with van der Waals surface area (Å²) in [5.74, 6) is 2.51. The summed E-state index contributed by atoms with van der Waals surface area (Å²) in [5, 5.41) is 6.13. The van der Waals surface area contributed by atoms with Crippen LogP contribution in [0.25, 0.3) is 0 Å². The lowest BCUT2D eigenvalue weighted by molar-refractivity contribution is 0.414. The molecular formula is C14H20N6O. The minimum absolute atomic E-state index is 0.533. The Kier molecular flexibility index (Phi) is 4.76. The van der Waals surface area contributed by atoms with Crippen molar-refractivity contribution in [1.82, 2.24) is 15.0 Å². The Bertz CT molecular complexity index is 585. The lowest BCUT2D eigenvalue weighted by Crippen LogP contribution is -2.16. The molecule has 1 aromatic heterocycles. The molecule has 112 valence electrons. The largest absolute Gasteiger partial charge is 0.497 e. The smallest absolute Gasteiger partial charge is 0.231 e. The van der Waals surface area contributed by atoms with E-state index in [1.165, 1.54) is 0 Å². The fraction of sp³-hybridized carbons (Fsp3) is 0.357. The van der Waals surface area contributed by atoms with Crippen molar-refractivity contribution >= 4 is 17.8 Å². The second kappa shape index (κ2) is 6.74. The number of anilines is 3. The third-order valence-electron chi connectivity index (χ3n) is 2.86. The van der Waals surface area contributed by atoms with Crippen molar-refractivity contribution in [2.45, 2.75) is 6.54 Å². The number of hydrogen-bond acceptors (Lipinski definition) is 7. The predicted octanol–water partition coefficient (Wildman–Crippen LogP) is 1.60. The summed E-state index contributed by atoms with van der Waals surface area (Å²) in [6.07, 6.45) is 0. The number of rotatable bonds is 6. The quantitative estimate of drug-likeness (QED) is 0.836. The van der Waals surface area contributed by atoms with Crippen LogP contribution < -0.4 is 20.3 Å². The third kappa shape index (κ3) is 3.95. The first-order valence-corrected chi connectivity index (χ1v) is 6.60. The SMILES string of the molecule is CNc1nc(NCc2ccc(OC)cc2)nc(N(C)C)n1. The molecule has 0 aliphatic rings. The Labute approximate surface area is 124 Å². The molecule has 7 heteroatoms. The van der Waals surface area contributed by atoms with E-state index in [-0.39, 0.29) is 0 Å². The highest BCUT2D eigenvalue weighted by molar-refractivity contribution is 5.43. The third-order valence-corrected chi connectivity index (χ3v) is 2.86. The average molecular weight is 288 g/mol. The highest BCUT2D eigenvalue weighted by Gasteiger charge is 2.07. The summed E-state index contributed by atoms with van der Waals surface area (Å²) >= 11 is 0. The molecule has 0 aliphatic carbocycles. The van der Waals surface area contributed by atoms with Gasteiger partial charge in [0.05, 0.1) is 7.11 Å². The second-order valence-electron chi connectivity index (χ2n) is 4.63. The second-order valence-corrected chi connectivity index (χ2v) is 4.63. The van der Waals surface area contributed by atoms with Crippen LogP contribution in [0.3, 0.4) is 0 Å². The average Bonchev–Trinajstić information content (AvgIpc) is 2.53. The molecule has 1 aromatic carbocycles. The van der Waals surface area contributed by atoms with Gasteiger partial charge in [-0.05, 0) is 17.7 Å². The maximum Gasteiger partial charge on any atom is 0.231 e. The monoisotopic (exact) mass is 288 g/mol. The predicted molar refractivity (Wildman–Crippen MR) is 84.0 cm³/mol. The van der Waals surface area contributed by atoms with Crippen molar-refractivity contribution in [3.05, 3.63) is 29.8 Å². The van der Waals surface area contributed by atoms with Crippen LogP contribution in [-0.4, -0.2) is 43.2 Å². The number of methoxy groups -OCH3 is 1. The van der Waals surface area contributed by atoms with Crippen molar-refractivity contribution in [1.29, 1.82) is 0 Å². The first-order valence-electron chi connectivity index (χ1n) is 6.60. The van der Waals surface area contributed by atoms with Gasteiger partial charge in [-0.1, -0.05) is 12.1 Å². The molecular weight excluding hydrogens is 268 g/mol. The molecule has 0 amide bonds. The van der Waals surface area contributed by atoms with Gasteiger partial charge in [0, 0.05) is 27.7 Å². The van der Waals surface area contributed by atoms with Gasteiger partial charge in [0.25, 0.3) is 0 Å². The standard InChI is InChI=1S/C14H20N6O/c1-15-12-17-13(19-14(18-12)20(2)3)16-9-10-5-7-11(21-4)8-6-10/h5-8H,9H2,1-4H3,(H2,15,16,17,18,19). The number of aromatic nitrogens is 3. The summed E-state index contributed by atoms with van der Waals surface area (Å²) in [6.45, 7) is 0.629. The minimum atomic E-state index is 0.533. The number of nitrogens with zero attached hydrogens (tertiary/aromatic N) is 4. The minimum Gasteiger partial charge on any atom is -0.497 e. The van der Waals surface area contributed by atoms with Crippen LogP contribution >= 0.6 is 0 Å². The maximum atomic E-state index is 5.14. The molecule has 0 fully saturated rings. The zero-order valence-electron chi connectivity index (χ0n) is 12.7. The Balaban J connectivity index is 2.09. The first-order chi connectivity index (χ1) is 10.1. The fourth-order valence-electron chi connectivity index (χ4n) is 1.68. The molecule has 0 saturated carbocycles. The van der Waals surface area contributed by atoms with Crippen molar-refractivity contribution in [2.75, 3.05) is 43.8 Å². The first kappa shape index (κ1) is 14.8. The molecule has 2 rings (SSSR count). The van der Waals surface area contributed by atoms with Crippen LogP contribution in [0.4, 0.5) is 17.8 Å². The van der Waals surface area contributed by atoms with Crippen LogP contribution in [-0.2, 0) is 6.54 Å². The molecule has 0 unspecified atom stereocenters. The molecule has 0 saturated heterocycles. The summed E-state index contributed by atoms with van der Waals surface area (Å²) in [5.41, 5.74) is 1.12. The molecule has 0 radical (unpaired) electrons. The fourth-order valence-corrected chi connectivity index (χ4v) is 1.68. The molecule has 0 bridgehead atoms. The van der Waals surface area contributed by atoms with E-state index in [0.717, 1.165) is 11.3 Å². The Hall–Kier alpha value is -2.57. The van der Waals surface area contributed by atoms with Crippen LogP contribution in [0.1, 0.15) is 5.56 Å². The lowest BCUT2D eigenvalue weighted by atomic mass is 10.2. The van der Waals surface area contributed by atoms with Crippen molar-refractivity contribution in [2.24, 2.45) is 0 Å². The summed E-state index contributed by atoms with van der Waals surface area (Å²) in [4.78, 5) is 14.7. The van der Waals surface area contributed by atoms with Gasteiger partial charge in [-0.3, -0.25) is 0 Å². The summed E-state index contributed by atoms with van der Waals surface area (Å²) in [6, 6.07) is 7.85. The van der Waals surface area contributed by atoms with E-state index in [9.17, 15) is 0 Å². The number of ether oxygens (including phenoxy) is 1. The van der Waals surface area contributed by atoms with E-state index in [1.807, 2.05) is 43.3 Å². The summed E-state index contributed by atoms with van der Waals surface area (Å²) < 4.78 is 5.14. The number of hydrogen-bond donors (Lipinski definition) is 2. The van der Waals surface area contributed by atoms with E-state index in [0.29, 0.717) is 24.4 Å². The van der Waals surface area contributed by atoms with Gasteiger partial charge in [0.2, 0.25) is 17.8 Å². The van der Waals surface area contributed by atoms with Gasteiger partial charge in [0.15, 0.2) is 0 Å². The van der Waals surface area contributed by atoms with E-state index in [2.05, 4.69) is 25.6 Å². The lowest BCUT2D eigenvalue weighted by Gasteiger charge is -2.13. The highest BCUT2D eigenvalue weighted by atomic mass is 16.5. The topological polar surface area (TPSA) is 75.2 Å². The molecule has 7 nitrogen and oxygen atoms in total. The van der Waals surface area contributed by atoms with E-state index in [1.54, 1.807) is 14.2 Å². The Morgan fingerprint density at radius 2 is 1.71 bits per heavy atom. The van der Waals surface area contributed by atoms with Crippen LogP contribution in [0.2, 0.25) is 0 Å². The van der Waals surface area contributed by atoms with Crippen molar-refractivity contribution in [3.8, 4) is 5.75 Å². The Morgan fingerprint density at radius 3 is 2.29 bits per heavy atom. The molecule has 1 heterocycles. The number of benzene rings is 1. The van der Waals surface area contributed by atoms with E-state index in [4.69, 9.17) is 4.74 Å². The molecule has 2 N–H and O–H groups in total. The van der Waals surface area contributed by atoms with Gasteiger partial charge in [0.1, 0.15) is 5.75 Å². The van der Waals surface area contributed by atoms with Crippen LogP contribution in [0, 0.1) is 0 Å². The van der Waals surface area contributed by atoms with Crippen molar-refractivity contribution in [3.63, 3.8) is 0 Å². The molecule has 21 heavy (non-hydrogen) atoms.